The second-order valence-corrected chi connectivity index (χ2v) is 21.0. The minimum absolute atomic E-state index is 0.00346. The van der Waals surface area contributed by atoms with E-state index < -0.39 is 12.1 Å². The lowest BCUT2D eigenvalue weighted by atomic mass is 10.0. The van der Waals surface area contributed by atoms with Crippen LogP contribution < -0.4 is 5.32 Å². The molecule has 0 saturated carbocycles. The first-order valence-corrected chi connectivity index (χ1v) is 30.8. The van der Waals surface area contributed by atoms with Crippen molar-refractivity contribution in [3.05, 3.63) is 36.5 Å². The Balaban J connectivity index is 3.33. The van der Waals surface area contributed by atoms with Gasteiger partial charge in [-0.05, 0) is 57.8 Å². The van der Waals surface area contributed by atoms with E-state index in [-0.39, 0.29) is 18.5 Å². The molecule has 0 aromatic rings. The molecular weight excluding hydrogens is 851 g/mol. The van der Waals surface area contributed by atoms with Gasteiger partial charge in [0.1, 0.15) is 0 Å². The molecule has 0 spiro atoms. The molecule has 0 aliphatic heterocycles. The van der Waals surface area contributed by atoms with E-state index in [1.807, 2.05) is 6.08 Å². The molecule has 0 saturated heterocycles. The van der Waals surface area contributed by atoms with Crippen molar-refractivity contribution in [1.29, 1.82) is 0 Å². The maximum Gasteiger partial charge on any atom is 0.305 e. The summed E-state index contributed by atoms with van der Waals surface area (Å²) in [6.07, 6.45) is 73.5. The van der Waals surface area contributed by atoms with Gasteiger partial charge in [0.25, 0.3) is 0 Å². The van der Waals surface area contributed by atoms with Gasteiger partial charge in [-0.25, -0.2) is 0 Å². The monoisotopic (exact) mass is 970 g/mol. The molecule has 0 aromatic heterocycles. The molecule has 6 nitrogen and oxygen atoms in total. The summed E-state index contributed by atoms with van der Waals surface area (Å²) in [6, 6.07) is -0.623. The number of nitrogens with one attached hydrogen (secondary N) is 1. The molecule has 6 heteroatoms. The minimum atomic E-state index is -0.840. The number of hydrogen-bond donors (Lipinski definition) is 3. The third-order valence-electron chi connectivity index (χ3n) is 14.1. The molecule has 1 amide bonds. The summed E-state index contributed by atoms with van der Waals surface area (Å²) in [4.78, 5) is 24.4. The standard InChI is InChI=1S/C63H119NO5/c1-3-5-7-9-11-13-15-33-37-41-45-49-53-57-63(68)69-58-54-50-46-42-38-35-32-30-28-26-24-22-20-18-16-17-19-21-23-25-27-29-31-34-36-40-44-48-52-56-62(67)64-60(59-65)61(66)55-51-47-43-39-14-12-10-8-6-4-2/h7,9,13,15,51,55,60-61,65-66H,3-6,8,10-12,14,16-50,52-54,56-59H2,1-2H3,(H,64,67)/b9-7-,15-13-,55-51+. The number of rotatable bonds is 57. The predicted octanol–water partition coefficient (Wildman–Crippen LogP) is 19.2. The van der Waals surface area contributed by atoms with Crippen molar-refractivity contribution in [2.45, 2.75) is 341 Å². The number of unbranched alkanes of at least 4 members (excludes halogenated alkanes) is 42. The zero-order valence-electron chi connectivity index (χ0n) is 46.3. The lowest BCUT2D eigenvalue weighted by molar-refractivity contribution is -0.143. The Morgan fingerprint density at radius 2 is 0.754 bits per heavy atom. The quantitative estimate of drug-likeness (QED) is 0.0321. The average molecular weight is 971 g/mol. The molecule has 0 aliphatic carbocycles. The van der Waals surface area contributed by atoms with Gasteiger partial charge in [0, 0.05) is 12.8 Å². The molecule has 406 valence electrons. The number of aliphatic hydroxyl groups is 2. The Morgan fingerprint density at radius 3 is 1.16 bits per heavy atom. The molecule has 0 aromatic carbocycles. The Kier molecular flexibility index (Phi) is 57.0. The number of carbonyl (C=O) groups is 2. The molecule has 69 heavy (non-hydrogen) atoms. The summed E-state index contributed by atoms with van der Waals surface area (Å²) in [5.41, 5.74) is 0. The molecule has 0 rings (SSSR count). The van der Waals surface area contributed by atoms with E-state index in [4.69, 9.17) is 4.74 Å². The molecule has 2 atom stereocenters. The lowest BCUT2D eigenvalue weighted by Gasteiger charge is -2.20. The molecule has 0 radical (unpaired) electrons. The van der Waals surface area contributed by atoms with Crippen LogP contribution in [0.2, 0.25) is 0 Å². The number of ether oxygens (including phenoxy) is 1. The third kappa shape index (κ3) is 55.2. The number of allylic oxidation sites excluding steroid dienone is 5. The largest absolute Gasteiger partial charge is 0.466 e. The summed E-state index contributed by atoms with van der Waals surface area (Å²) in [5.74, 6) is -0.0624. The molecule has 0 aliphatic rings. The zero-order chi connectivity index (χ0) is 50.0. The van der Waals surface area contributed by atoms with Crippen LogP contribution in [0.25, 0.3) is 0 Å². The van der Waals surface area contributed by atoms with Crippen molar-refractivity contribution in [3.8, 4) is 0 Å². The second kappa shape index (κ2) is 58.6. The molecule has 3 N–H and O–H groups in total. The Morgan fingerprint density at radius 1 is 0.406 bits per heavy atom. The second-order valence-electron chi connectivity index (χ2n) is 21.0. The normalized spacial score (nSPS) is 12.8. The van der Waals surface area contributed by atoms with Crippen molar-refractivity contribution in [2.75, 3.05) is 13.2 Å². The van der Waals surface area contributed by atoms with Crippen LogP contribution in [0.4, 0.5) is 0 Å². The van der Waals surface area contributed by atoms with Crippen LogP contribution in [-0.2, 0) is 14.3 Å². The number of aliphatic hydroxyl groups excluding tert-OH is 2. The number of esters is 1. The number of carbonyl (C=O) groups excluding carboxylic acids is 2. The van der Waals surface area contributed by atoms with Crippen molar-refractivity contribution in [3.63, 3.8) is 0 Å². The highest BCUT2D eigenvalue weighted by atomic mass is 16.5. The van der Waals surface area contributed by atoms with Crippen LogP contribution in [0, 0.1) is 0 Å². The molecule has 0 bridgehead atoms. The van der Waals surface area contributed by atoms with Gasteiger partial charge in [-0.1, -0.05) is 294 Å². The van der Waals surface area contributed by atoms with E-state index in [0.717, 1.165) is 51.4 Å². The summed E-state index contributed by atoms with van der Waals surface area (Å²) < 4.78 is 5.47. The molecule has 0 heterocycles. The first-order chi connectivity index (χ1) is 34.0. The SMILES string of the molecule is CCC/C=C\C/C=C\CCCCCCCC(=O)OCCCCCCCCCCCCCCCCCCCCCCCCCCCCCCCC(=O)NC(CO)C(O)/C=C/CCCCCCCCCC. The van der Waals surface area contributed by atoms with Crippen LogP contribution in [0.1, 0.15) is 328 Å². The third-order valence-corrected chi connectivity index (χ3v) is 14.1. The van der Waals surface area contributed by atoms with Crippen LogP contribution in [-0.4, -0.2) is 47.4 Å². The van der Waals surface area contributed by atoms with Crippen molar-refractivity contribution >= 4 is 11.9 Å². The predicted molar refractivity (Wildman–Crippen MR) is 301 cm³/mol. The summed E-state index contributed by atoms with van der Waals surface area (Å²) in [7, 11) is 0. The summed E-state index contributed by atoms with van der Waals surface area (Å²) in [6.45, 7) is 4.83. The minimum Gasteiger partial charge on any atom is -0.466 e. The van der Waals surface area contributed by atoms with E-state index in [0.29, 0.717) is 19.4 Å². The van der Waals surface area contributed by atoms with Crippen molar-refractivity contribution in [2.24, 2.45) is 0 Å². The molecule has 2 unspecified atom stereocenters. The highest BCUT2D eigenvalue weighted by molar-refractivity contribution is 5.76. The molecule has 0 fully saturated rings. The number of amides is 1. The summed E-state index contributed by atoms with van der Waals surface area (Å²) in [5, 5.41) is 23.0. The summed E-state index contributed by atoms with van der Waals surface area (Å²) >= 11 is 0. The zero-order valence-corrected chi connectivity index (χ0v) is 46.3. The average Bonchev–Trinajstić information content (AvgIpc) is 3.35. The van der Waals surface area contributed by atoms with Crippen LogP contribution in [0.3, 0.4) is 0 Å². The maximum atomic E-state index is 12.4. The Labute approximate surface area is 430 Å². The first kappa shape index (κ1) is 67.1. The smallest absolute Gasteiger partial charge is 0.305 e. The Bertz CT molecular complexity index is 1120. The fraction of sp³-hybridized carbons (Fsp3) is 0.873. The van der Waals surface area contributed by atoms with Crippen LogP contribution in [0.5, 0.6) is 0 Å². The van der Waals surface area contributed by atoms with Gasteiger partial charge in [-0.15, -0.1) is 0 Å². The van der Waals surface area contributed by atoms with Gasteiger partial charge < -0.3 is 20.3 Å². The highest BCUT2D eigenvalue weighted by Crippen LogP contribution is 2.18. The van der Waals surface area contributed by atoms with Crippen molar-refractivity contribution in [1.82, 2.24) is 5.32 Å². The maximum absolute atomic E-state index is 12.4. The van der Waals surface area contributed by atoms with Crippen LogP contribution >= 0.6 is 0 Å². The molecular formula is C63H119NO5. The fourth-order valence-corrected chi connectivity index (χ4v) is 9.44. The van der Waals surface area contributed by atoms with Gasteiger partial charge in [-0.3, -0.25) is 9.59 Å². The van der Waals surface area contributed by atoms with E-state index in [2.05, 4.69) is 43.5 Å². The van der Waals surface area contributed by atoms with E-state index >= 15 is 0 Å². The van der Waals surface area contributed by atoms with Crippen molar-refractivity contribution < 1.29 is 24.5 Å². The topological polar surface area (TPSA) is 95.9 Å². The van der Waals surface area contributed by atoms with Crippen LogP contribution in [0.15, 0.2) is 36.5 Å². The lowest BCUT2D eigenvalue weighted by Crippen LogP contribution is -2.45. The highest BCUT2D eigenvalue weighted by Gasteiger charge is 2.18. The number of hydrogen-bond acceptors (Lipinski definition) is 5. The Hall–Kier alpha value is -1.92. The van der Waals surface area contributed by atoms with Gasteiger partial charge in [-0.2, -0.15) is 0 Å². The fourth-order valence-electron chi connectivity index (χ4n) is 9.44. The van der Waals surface area contributed by atoms with Gasteiger partial charge >= 0.3 is 5.97 Å². The van der Waals surface area contributed by atoms with Gasteiger partial charge in [0.2, 0.25) is 5.91 Å². The van der Waals surface area contributed by atoms with E-state index in [1.54, 1.807) is 6.08 Å². The van der Waals surface area contributed by atoms with Gasteiger partial charge in [0.15, 0.2) is 0 Å². The van der Waals surface area contributed by atoms with E-state index in [9.17, 15) is 19.8 Å². The van der Waals surface area contributed by atoms with E-state index in [1.165, 1.54) is 250 Å². The first-order valence-electron chi connectivity index (χ1n) is 30.8. The van der Waals surface area contributed by atoms with Gasteiger partial charge in [0.05, 0.1) is 25.4 Å².